The average molecular weight is 894 g/mol. The van der Waals surface area contributed by atoms with Crippen LogP contribution in [0.3, 0.4) is 0 Å². The molecule has 4 unspecified atom stereocenters. The van der Waals surface area contributed by atoms with Crippen molar-refractivity contribution < 1.29 is 0 Å². The number of fused-ring (bicyclic) bond motifs is 13. The minimum Gasteiger partial charge on any atom is -0.335 e. The molecule has 6 aromatic carbocycles. The molecular weight excluding hydrogens is 822 g/mol. The smallest absolute Gasteiger partial charge is 0.252 e. The highest BCUT2D eigenvalue weighted by Gasteiger charge is 2.62. The van der Waals surface area contributed by atoms with Crippen molar-refractivity contribution in [3.8, 4) is 11.1 Å². The Kier molecular flexibility index (Phi) is 8.41. The van der Waals surface area contributed by atoms with Gasteiger partial charge in [-0.25, -0.2) is 0 Å². The van der Waals surface area contributed by atoms with Crippen LogP contribution < -0.4 is 31.1 Å². The fraction of sp³-hybridized carbons (Fsp3) is 0.438. The molecule has 3 aliphatic carbocycles. The molecule has 0 radical (unpaired) electrons. The van der Waals surface area contributed by atoms with Crippen LogP contribution in [0, 0.1) is 6.92 Å². The molecule has 346 valence electrons. The molecule has 0 N–H and O–H groups in total. The summed E-state index contributed by atoms with van der Waals surface area (Å²) in [5.41, 5.74) is 26.9. The second-order valence-corrected chi connectivity index (χ2v) is 26.1. The van der Waals surface area contributed by atoms with E-state index < -0.39 is 0 Å². The number of hydrogen-bond acceptors (Lipinski definition) is 3. The van der Waals surface area contributed by atoms with Gasteiger partial charge in [0.25, 0.3) is 6.71 Å². The van der Waals surface area contributed by atoms with Crippen LogP contribution in [-0.4, -0.2) is 17.8 Å². The Morgan fingerprint density at radius 2 is 1.12 bits per heavy atom. The maximum Gasteiger partial charge on any atom is 0.252 e. The van der Waals surface area contributed by atoms with E-state index in [1.54, 1.807) is 5.56 Å². The van der Waals surface area contributed by atoms with Crippen LogP contribution in [-0.2, 0) is 27.1 Å². The van der Waals surface area contributed by atoms with Gasteiger partial charge in [-0.15, -0.1) is 0 Å². The van der Waals surface area contributed by atoms with Crippen molar-refractivity contribution in [2.45, 2.75) is 180 Å². The molecule has 6 aromatic rings. The summed E-state index contributed by atoms with van der Waals surface area (Å²) in [7, 11) is 0. The number of hydrogen-bond donors (Lipinski definition) is 0. The van der Waals surface area contributed by atoms with Gasteiger partial charge in [-0.1, -0.05) is 162 Å². The Hall–Kier alpha value is -5.22. The minimum atomic E-state index is -0.188. The third kappa shape index (κ3) is 5.13. The van der Waals surface area contributed by atoms with Crippen molar-refractivity contribution in [2.24, 2.45) is 0 Å². The predicted octanol–water partition coefficient (Wildman–Crippen LogP) is 15.0. The lowest BCUT2D eigenvalue weighted by molar-refractivity contribution is 0.195. The lowest BCUT2D eigenvalue weighted by atomic mass is 9.33. The Morgan fingerprint density at radius 1 is 0.485 bits per heavy atom. The molecule has 4 heterocycles. The van der Waals surface area contributed by atoms with Gasteiger partial charge in [-0.3, -0.25) is 0 Å². The first-order chi connectivity index (χ1) is 32.1. The first-order valence-corrected chi connectivity index (χ1v) is 26.4. The summed E-state index contributed by atoms with van der Waals surface area (Å²) in [6, 6.07) is 42.2. The van der Waals surface area contributed by atoms with Crippen molar-refractivity contribution >= 4 is 62.9 Å². The van der Waals surface area contributed by atoms with Crippen LogP contribution in [0.2, 0.25) is 0 Å². The molecule has 0 bridgehead atoms. The van der Waals surface area contributed by atoms with E-state index in [2.05, 4.69) is 208 Å². The summed E-state index contributed by atoms with van der Waals surface area (Å²) < 4.78 is 0. The van der Waals surface area contributed by atoms with Crippen LogP contribution >= 0.6 is 0 Å². The second-order valence-electron chi connectivity index (χ2n) is 26.1. The van der Waals surface area contributed by atoms with Crippen molar-refractivity contribution in [1.82, 2.24) is 0 Å². The SMILES string of the molecule is Cc1cc2c3c(c1)N1c4c(cc(C(C)(C)C)cc4C4(C)CCCCC14C)B3c1ccc(N3c4ccc(C(C)(C)C)cc4C4(C)CCCCC34C)cc1N2c1cccc2c1C(C)(C)c1ccccc1-2. The zero-order valence-corrected chi connectivity index (χ0v) is 43.4. The first-order valence-electron chi connectivity index (χ1n) is 26.4. The Bertz CT molecular complexity index is 3200. The normalized spacial score (nSPS) is 26.7. The zero-order valence-electron chi connectivity index (χ0n) is 43.4. The highest BCUT2D eigenvalue weighted by molar-refractivity contribution is 7.00. The van der Waals surface area contributed by atoms with Crippen molar-refractivity contribution in [1.29, 1.82) is 0 Å². The van der Waals surface area contributed by atoms with Crippen LogP contribution in [0.15, 0.2) is 103 Å². The standard InChI is InChI=1S/C64H72BN3/c1-39-33-53-56-54(34-39)68-57-47(62(11)30-17-19-32-64(62,68)13)36-41(59(5,6)7)37-49(57)65(56)48-27-26-42(67-50-28-25-40(58(2,3)4)35-46(50)61(10)29-16-18-31-63(61,67)12)38-52(48)66(53)51-24-20-22-44-43-21-14-15-23-45(43)60(8,9)55(44)51/h14-15,20-28,33-38H,16-19,29-32H2,1-13H3. The van der Waals surface area contributed by atoms with E-state index in [1.165, 1.54) is 152 Å². The molecule has 2 fully saturated rings. The maximum atomic E-state index is 2.91. The monoisotopic (exact) mass is 894 g/mol. The first kappa shape index (κ1) is 42.9. The lowest BCUT2D eigenvalue weighted by Crippen LogP contribution is -2.64. The molecule has 68 heavy (non-hydrogen) atoms. The van der Waals surface area contributed by atoms with Gasteiger partial charge in [0.05, 0.1) is 16.8 Å². The molecule has 0 saturated heterocycles. The molecule has 4 heteroatoms. The minimum absolute atomic E-state index is 0.00736. The number of benzene rings is 6. The van der Waals surface area contributed by atoms with Crippen LogP contribution in [0.5, 0.6) is 0 Å². The molecule has 0 aromatic heterocycles. The van der Waals surface area contributed by atoms with E-state index in [-0.39, 0.29) is 44.9 Å². The molecule has 4 aliphatic heterocycles. The highest BCUT2D eigenvalue weighted by Crippen LogP contribution is 2.65. The summed E-state index contributed by atoms with van der Waals surface area (Å²) in [6.45, 7) is 32.3. The fourth-order valence-electron chi connectivity index (χ4n) is 15.9. The summed E-state index contributed by atoms with van der Waals surface area (Å²) >= 11 is 0. The number of aryl methyl sites for hydroxylation is 1. The highest BCUT2D eigenvalue weighted by atomic mass is 15.3. The van der Waals surface area contributed by atoms with Gasteiger partial charge in [0.15, 0.2) is 0 Å². The van der Waals surface area contributed by atoms with E-state index in [0.29, 0.717) is 0 Å². The van der Waals surface area contributed by atoms with E-state index in [0.717, 1.165) is 0 Å². The van der Waals surface area contributed by atoms with Crippen LogP contribution in [0.1, 0.15) is 173 Å². The average Bonchev–Trinajstić information content (AvgIpc) is 3.75. The summed E-state index contributed by atoms with van der Waals surface area (Å²) in [6.07, 6.45) is 9.91. The topological polar surface area (TPSA) is 9.72 Å². The van der Waals surface area contributed by atoms with E-state index in [4.69, 9.17) is 0 Å². The van der Waals surface area contributed by atoms with Gasteiger partial charge in [-0.2, -0.15) is 0 Å². The maximum absolute atomic E-state index is 2.91. The van der Waals surface area contributed by atoms with Crippen molar-refractivity contribution in [3.05, 3.63) is 142 Å². The number of anilines is 7. The van der Waals surface area contributed by atoms with Gasteiger partial charge in [0, 0.05) is 50.4 Å². The van der Waals surface area contributed by atoms with Gasteiger partial charge in [-0.05, 0) is 160 Å². The Labute approximate surface area is 408 Å². The van der Waals surface area contributed by atoms with E-state index in [9.17, 15) is 0 Å². The van der Waals surface area contributed by atoms with E-state index in [1.807, 2.05) is 0 Å². The largest absolute Gasteiger partial charge is 0.335 e. The van der Waals surface area contributed by atoms with Crippen LogP contribution in [0.25, 0.3) is 11.1 Å². The predicted molar refractivity (Wildman–Crippen MR) is 291 cm³/mol. The molecule has 2 saturated carbocycles. The number of nitrogens with zero attached hydrogens (tertiary/aromatic N) is 3. The van der Waals surface area contributed by atoms with Gasteiger partial charge in [0.1, 0.15) is 0 Å². The summed E-state index contributed by atoms with van der Waals surface area (Å²) in [5.74, 6) is 0. The van der Waals surface area contributed by atoms with Crippen molar-refractivity contribution in [3.63, 3.8) is 0 Å². The molecular formula is C64H72BN3. The Morgan fingerprint density at radius 3 is 1.84 bits per heavy atom. The molecule has 3 nitrogen and oxygen atoms in total. The third-order valence-electron chi connectivity index (χ3n) is 20.1. The zero-order chi connectivity index (χ0) is 47.5. The van der Waals surface area contributed by atoms with Gasteiger partial charge >= 0.3 is 0 Å². The molecule has 0 spiro atoms. The van der Waals surface area contributed by atoms with Gasteiger partial charge < -0.3 is 14.7 Å². The van der Waals surface area contributed by atoms with E-state index >= 15 is 0 Å². The third-order valence-corrected chi connectivity index (χ3v) is 20.1. The van der Waals surface area contributed by atoms with Gasteiger partial charge in [0.2, 0.25) is 0 Å². The number of rotatable bonds is 2. The molecule has 0 amide bonds. The second kappa shape index (κ2) is 13.3. The lowest BCUT2D eigenvalue weighted by Gasteiger charge is -2.53. The quantitative estimate of drug-likeness (QED) is 0.160. The Balaban J connectivity index is 1.13. The molecule has 4 atom stereocenters. The fourth-order valence-corrected chi connectivity index (χ4v) is 15.9. The van der Waals surface area contributed by atoms with Crippen molar-refractivity contribution in [2.75, 3.05) is 14.7 Å². The van der Waals surface area contributed by atoms with Crippen LogP contribution in [0.4, 0.5) is 39.8 Å². The molecule has 7 aliphatic rings. The summed E-state index contributed by atoms with van der Waals surface area (Å²) in [5, 5.41) is 0. The summed E-state index contributed by atoms with van der Waals surface area (Å²) in [4.78, 5) is 8.51. The molecule has 13 rings (SSSR count).